The summed E-state index contributed by atoms with van der Waals surface area (Å²) < 4.78 is 51.6. The average Bonchev–Trinajstić information content (AvgIpc) is 3.46. The van der Waals surface area contributed by atoms with Crippen molar-refractivity contribution in [3.8, 4) is 0 Å². The lowest BCUT2D eigenvalue weighted by atomic mass is 10.1. The molecule has 1 fully saturated rings. The minimum absolute atomic E-state index is 0.00580. The molecule has 1 aliphatic carbocycles. The second-order valence-corrected chi connectivity index (χ2v) is 8.81. The molecule has 1 saturated carbocycles. The minimum atomic E-state index is -4.71. The molecule has 3 aromatic heterocycles. The van der Waals surface area contributed by atoms with Crippen molar-refractivity contribution < 1.29 is 37.0 Å². The molecule has 0 atom stereocenters. The van der Waals surface area contributed by atoms with E-state index in [9.17, 15) is 27.6 Å². The highest BCUT2D eigenvalue weighted by molar-refractivity contribution is 7.18. The SMILES string of the molecule is CCOC(=O)c1sc(NC(=O)c2cc3nc(C4CC4)cc(C(F)(F)F)n3n2)c(C(=O)OCC)c1C. The molecule has 0 unspecified atom stereocenters. The highest BCUT2D eigenvalue weighted by Crippen LogP contribution is 2.41. The van der Waals surface area contributed by atoms with E-state index in [0.717, 1.165) is 36.3 Å². The number of hydrogen-bond donors (Lipinski definition) is 1. The molecule has 0 bridgehead atoms. The monoisotopic (exact) mass is 510 g/mol. The quantitative estimate of drug-likeness (QED) is 0.462. The lowest BCUT2D eigenvalue weighted by Crippen LogP contribution is -2.17. The predicted molar refractivity (Wildman–Crippen MR) is 119 cm³/mol. The standard InChI is InChI=1S/C22H21F3N4O5S/c1-4-33-20(31)16-10(3)17(21(32)34-5-2)35-19(16)27-18(30)13-9-15-26-12(11-6-7-11)8-14(22(23,24)25)29(15)28-13/h8-9,11H,4-7H2,1-3H3,(H,27,30). The van der Waals surface area contributed by atoms with Crippen molar-refractivity contribution in [2.24, 2.45) is 0 Å². The molecule has 3 aromatic rings. The smallest absolute Gasteiger partial charge is 0.433 e. The highest BCUT2D eigenvalue weighted by Gasteiger charge is 2.37. The summed E-state index contributed by atoms with van der Waals surface area (Å²) in [4.78, 5) is 42.1. The van der Waals surface area contributed by atoms with Crippen LogP contribution >= 0.6 is 11.3 Å². The zero-order valence-electron chi connectivity index (χ0n) is 19.0. The maximum Gasteiger partial charge on any atom is 0.433 e. The number of ether oxygens (including phenoxy) is 2. The van der Waals surface area contributed by atoms with Gasteiger partial charge in [0.15, 0.2) is 11.3 Å². The number of fused-ring (bicyclic) bond motifs is 1. The van der Waals surface area contributed by atoms with Crippen molar-refractivity contribution in [3.63, 3.8) is 0 Å². The van der Waals surface area contributed by atoms with Crippen molar-refractivity contribution in [2.75, 3.05) is 18.5 Å². The number of amides is 1. The number of esters is 2. The second kappa shape index (κ2) is 9.29. The Bertz CT molecular complexity index is 1330. The average molecular weight is 510 g/mol. The van der Waals surface area contributed by atoms with Gasteiger partial charge in [-0.15, -0.1) is 11.3 Å². The van der Waals surface area contributed by atoms with E-state index in [1.807, 2.05) is 0 Å². The van der Waals surface area contributed by atoms with E-state index in [0.29, 0.717) is 10.2 Å². The number of aromatic nitrogens is 3. The van der Waals surface area contributed by atoms with Crippen LogP contribution in [0, 0.1) is 6.92 Å². The fourth-order valence-electron chi connectivity index (χ4n) is 3.50. The molecule has 13 heteroatoms. The first-order chi connectivity index (χ1) is 16.5. The fraction of sp³-hybridized carbons (Fsp3) is 0.409. The second-order valence-electron chi connectivity index (χ2n) is 7.79. The van der Waals surface area contributed by atoms with Gasteiger partial charge in [-0.2, -0.15) is 18.3 Å². The maximum atomic E-state index is 13.7. The summed E-state index contributed by atoms with van der Waals surface area (Å²) in [6.45, 7) is 4.89. The summed E-state index contributed by atoms with van der Waals surface area (Å²) in [6, 6.07) is 2.10. The lowest BCUT2D eigenvalue weighted by Gasteiger charge is -2.10. The molecular formula is C22H21F3N4O5S. The Labute approximate surface area is 201 Å². The van der Waals surface area contributed by atoms with Gasteiger partial charge in [-0.1, -0.05) is 0 Å². The Morgan fingerprint density at radius 1 is 1.14 bits per heavy atom. The summed E-state index contributed by atoms with van der Waals surface area (Å²) in [5.41, 5.74) is -0.975. The molecule has 0 aliphatic heterocycles. The van der Waals surface area contributed by atoms with Gasteiger partial charge in [0.05, 0.1) is 18.8 Å². The molecule has 9 nitrogen and oxygen atoms in total. The van der Waals surface area contributed by atoms with Crippen molar-refractivity contribution in [1.82, 2.24) is 14.6 Å². The summed E-state index contributed by atoms with van der Waals surface area (Å²) in [7, 11) is 0. The van der Waals surface area contributed by atoms with E-state index in [1.54, 1.807) is 13.8 Å². The molecule has 186 valence electrons. The molecule has 1 aliphatic rings. The Morgan fingerprint density at radius 3 is 2.40 bits per heavy atom. The first-order valence-corrected chi connectivity index (χ1v) is 11.6. The Morgan fingerprint density at radius 2 is 1.80 bits per heavy atom. The first-order valence-electron chi connectivity index (χ1n) is 10.8. The van der Waals surface area contributed by atoms with Crippen LogP contribution in [0.25, 0.3) is 5.65 Å². The Kier molecular flexibility index (Phi) is 6.54. The lowest BCUT2D eigenvalue weighted by molar-refractivity contribution is -0.142. The number of alkyl halides is 3. The van der Waals surface area contributed by atoms with E-state index in [2.05, 4.69) is 15.4 Å². The van der Waals surface area contributed by atoms with Gasteiger partial charge in [0, 0.05) is 17.7 Å². The molecule has 0 saturated heterocycles. The van der Waals surface area contributed by atoms with Crippen molar-refractivity contribution in [1.29, 1.82) is 0 Å². The molecule has 4 rings (SSSR count). The third-order valence-corrected chi connectivity index (χ3v) is 6.47. The third kappa shape index (κ3) is 4.85. The zero-order valence-corrected chi connectivity index (χ0v) is 19.8. The molecule has 1 amide bonds. The first kappa shape index (κ1) is 24.6. The summed E-state index contributed by atoms with van der Waals surface area (Å²) in [5, 5.41) is 6.29. The van der Waals surface area contributed by atoms with Gasteiger partial charge in [0.2, 0.25) is 0 Å². The van der Waals surface area contributed by atoms with Gasteiger partial charge in [-0.05, 0) is 45.2 Å². The largest absolute Gasteiger partial charge is 0.462 e. The number of nitrogens with zero attached hydrogens (tertiary/aromatic N) is 3. The van der Waals surface area contributed by atoms with E-state index < -0.39 is 29.7 Å². The van der Waals surface area contributed by atoms with E-state index in [4.69, 9.17) is 9.47 Å². The normalized spacial score (nSPS) is 13.7. The van der Waals surface area contributed by atoms with Crippen LogP contribution in [0.5, 0.6) is 0 Å². The molecule has 3 heterocycles. The number of thiophene rings is 1. The van der Waals surface area contributed by atoms with Crippen LogP contribution in [0.4, 0.5) is 18.2 Å². The molecular weight excluding hydrogens is 489 g/mol. The molecule has 0 aromatic carbocycles. The van der Waals surface area contributed by atoms with Crippen LogP contribution in [0.15, 0.2) is 12.1 Å². The van der Waals surface area contributed by atoms with E-state index >= 15 is 0 Å². The number of anilines is 1. The van der Waals surface area contributed by atoms with Crippen LogP contribution in [0.1, 0.15) is 80.1 Å². The number of nitrogens with one attached hydrogen (secondary N) is 1. The molecule has 35 heavy (non-hydrogen) atoms. The zero-order chi connectivity index (χ0) is 25.5. The van der Waals surface area contributed by atoms with Crippen LogP contribution in [0.3, 0.4) is 0 Å². The number of carbonyl (C=O) groups is 3. The molecule has 0 spiro atoms. The topological polar surface area (TPSA) is 112 Å². The molecule has 1 N–H and O–H groups in total. The highest BCUT2D eigenvalue weighted by atomic mass is 32.1. The van der Waals surface area contributed by atoms with Crippen LogP contribution < -0.4 is 5.32 Å². The summed E-state index contributed by atoms with van der Waals surface area (Å²) in [6.07, 6.45) is -3.21. The van der Waals surface area contributed by atoms with Crippen molar-refractivity contribution >= 4 is 39.8 Å². The minimum Gasteiger partial charge on any atom is -0.462 e. The van der Waals surface area contributed by atoms with Gasteiger partial charge in [0.25, 0.3) is 5.91 Å². The van der Waals surface area contributed by atoms with Gasteiger partial charge >= 0.3 is 18.1 Å². The number of halogens is 3. The summed E-state index contributed by atoms with van der Waals surface area (Å²) in [5.74, 6) is -2.37. The van der Waals surface area contributed by atoms with Crippen LogP contribution in [-0.4, -0.2) is 45.7 Å². The van der Waals surface area contributed by atoms with Gasteiger partial charge in [-0.25, -0.2) is 19.1 Å². The molecule has 0 radical (unpaired) electrons. The van der Waals surface area contributed by atoms with Gasteiger partial charge in [-0.3, -0.25) is 4.79 Å². The van der Waals surface area contributed by atoms with E-state index in [-0.39, 0.29) is 51.5 Å². The summed E-state index contributed by atoms with van der Waals surface area (Å²) >= 11 is 0.803. The van der Waals surface area contributed by atoms with Crippen LogP contribution in [-0.2, 0) is 15.7 Å². The van der Waals surface area contributed by atoms with E-state index in [1.165, 1.54) is 6.92 Å². The number of rotatable bonds is 7. The predicted octanol–water partition coefficient (Wildman–Crippen LogP) is 4.60. The van der Waals surface area contributed by atoms with Gasteiger partial charge in [0.1, 0.15) is 15.6 Å². The Balaban J connectivity index is 1.72. The van der Waals surface area contributed by atoms with Crippen molar-refractivity contribution in [2.45, 2.75) is 45.7 Å². The van der Waals surface area contributed by atoms with Crippen molar-refractivity contribution in [3.05, 3.63) is 45.2 Å². The third-order valence-electron chi connectivity index (χ3n) is 5.28. The maximum absolute atomic E-state index is 13.7. The number of carbonyl (C=O) groups excluding carboxylic acids is 3. The fourth-order valence-corrected chi connectivity index (χ4v) is 4.59. The Hall–Kier alpha value is -3.48. The van der Waals surface area contributed by atoms with Gasteiger partial charge < -0.3 is 14.8 Å². The van der Waals surface area contributed by atoms with Crippen LogP contribution in [0.2, 0.25) is 0 Å². The number of hydrogen-bond acceptors (Lipinski definition) is 8.